The molecule has 1 aliphatic carbocycles. The Morgan fingerprint density at radius 2 is 0.877 bits per heavy atom. The Kier molecular flexibility index (Phi) is 7.52. The Balaban J connectivity index is 1.07. The van der Waals surface area contributed by atoms with Gasteiger partial charge in [-0.15, -0.1) is 0 Å². The van der Waals surface area contributed by atoms with Crippen molar-refractivity contribution in [3.05, 3.63) is 199 Å². The summed E-state index contributed by atoms with van der Waals surface area (Å²) in [5.41, 5.74) is 12.7. The molecule has 57 heavy (non-hydrogen) atoms. The fraction of sp³-hybridized carbons (Fsp3) is 0.0556. The van der Waals surface area contributed by atoms with E-state index < -0.39 is 0 Å². The van der Waals surface area contributed by atoms with E-state index in [2.05, 4.69) is 184 Å². The highest BCUT2D eigenvalue weighted by Crippen LogP contribution is 2.53. The van der Waals surface area contributed by atoms with Crippen LogP contribution in [0, 0.1) is 0 Å². The normalized spacial score (nSPS) is 12.9. The molecule has 10 aromatic rings. The average Bonchev–Trinajstić information content (AvgIpc) is 3.51. The molecule has 0 unspecified atom stereocenters. The van der Waals surface area contributed by atoms with Gasteiger partial charge in [0.05, 0.1) is 0 Å². The molecule has 0 saturated carbocycles. The summed E-state index contributed by atoms with van der Waals surface area (Å²) in [4.78, 5) is 15.6. The molecule has 1 aliphatic rings. The van der Waals surface area contributed by atoms with Gasteiger partial charge in [0.15, 0.2) is 17.5 Å². The predicted molar refractivity (Wildman–Crippen MR) is 237 cm³/mol. The lowest BCUT2D eigenvalue weighted by molar-refractivity contribution is 0.662. The zero-order valence-corrected chi connectivity index (χ0v) is 31.7. The van der Waals surface area contributed by atoms with Crippen LogP contribution in [0.1, 0.15) is 25.0 Å². The van der Waals surface area contributed by atoms with Crippen LogP contribution < -0.4 is 0 Å². The molecule has 11 rings (SSSR count). The highest BCUT2D eigenvalue weighted by atomic mass is 15.0. The summed E-state index contributed by atoms with van der Waals surface area (Å²) < 4.78 is 0. The Morgan fingerprint density at radius 3 is 1.65 bits per heavy atom. The van der Waals surface area contributed by atoms with Crippen LogP contribution in [-0.4, -0.2) is 15.0 Å². The first-order chi connectivity index (χ1) is 28.0. The maximum atomic E-state index is 5.27. The highest BCUT2D eigenvalue weighted by molar-refractivity contribution is 6.20. The Morgan fingerprint density at radius 1 is 0.333 bits per heavy atom. The molecule has 0 spiro atoms. The van der Waals surface area contributed by atoms with E-state index in [1.165, 1.54) is 65.7 Å². The largest absolute Gasteiger partial charge is 0.208 e. The molecule has 0 atom stereocenters. The maximum Gasteiger partial charge on any atom is 0.164 e. The Labute approximate surface area is 332 Å². The molecule has 0 N–H and O–H groups in total. The molecule has 1 aromatic heterocycles. The molecule has 0 fully saturated rings. The molecular formula is C54H37N3. The van der Waals surface area contributed by atoms with Gasteiger partial charge in [-0.25, -0.2) is 15.0 Å². The van der Waals surface area contributed by atoms with Crippen LogP contribution in [0.3, 0.4) is 0 Å². The van der Waals surface area contributed by atoms with E-state index in [0.29, 0.717) is 17.5 Å². The highest BCUT2D eigenvalue weighted by Gasteiger charge is 2.37. The lowest BCUT2D eigenvalue weighted by atomic mass is 9.78. The molecule has 0 aliphatic heterocycles. The van der Waals surface area contributed by atoms with Crippen LogP contribution in [0.2, 0.25) is 0 Å². The SMILES string of the molecule is CC1(C)c2ccccc2-c2cccc(-c3ccccc3-c3nc(-c4ccccc4)nc(-c4ccc(-c5c6ccccc6cc6c5ccc5ccccc56)cc4)n3)c21. The van der Waals surface area contributed by atoms with Gasteiger partial charge in [-0.05, 0) is 82.9 Å². The van der Waals surface area contributed by atoms with Crippen LogP contribution in [0.25, 0.3) is 99.9 Å². The van der Waals surface area contributed by atoms with Crippen molar-refractivity contribution in [2.75, 3.05) is 0 Å². The maximum absolute atomic E-state index is 5.27. The quantitative estimate of drug-likeness (QED) is 0.131. The molecule has 3 heteroatoms. The Bertz CT molecular complexity index is 3200. The van der Waals surface area contributed by atoms with Crippen LogP contribution in [-0.2, 0) is 5.41 Å². The monoisotopic (exact) mass is 727 g/mol. The van der Waals surface area contributed by atoms with Crippen LogP contribution in [0.15, 0.2) is 188 Å². The number of fused-ring (bicyclic) bond motifs is 7. The van der Waals surface area contributed by atoms with E-state index >= 15 is 0 Å². The van der Waals surface area contributed by atoms with Crippen molar-refractivity contribution in [3.63, 3.8) is 0 Å². The zero-order valence-electron chi connectivity index (χ0n) is 31.7. The van der Waals surface area contributed by atoms with Crippen LogP contribution in [0.5, 0.6) is 0 Å². The third-order valence-corrected chi connectivity index (χ3v) is 11.9. The number of rotatable bonds is 5. The second kappa shape index (κ2) is 12.9. The predicted octanol–water partition coefficient (Wildman–Crippen LogP) is 14.0. The van der Waals surface area contributed by atoms with Gasteiger partial charge in [-0.2, -0.15) is 0 Å². The van der Waals surface area contributed by atoms with E-state index in [1.54, 1.807) is 0 Å². The summed E-state index contributed by atoms with van der Waals surface area (Å²) in [6.45, 7) is 4.68. The molecule has 0 saturated heterocycles. The summed E-state index contributed by atoms with van der Waals surface area (Å²) in [5.74, 6) is 1.93. The summed E-state index contributed by atoms with van der Waals surface area (Å²) in [5, 5.41) is 7.47. The second-order valence-corrected chi connectivity index (χ2v) is 15.5. The van der Waals surface area contributed by atoms with Crippen molar-refractivity contribution in [1.82, 2.24) is 15.0 Å². The van der Waals surface area contributed by atoms with Gasteiger partial charge in [-0.3, -0.25) is 0 Å². The molecule has 268 valence electrons. The lowest BCUT2D eigenvalue weighted by Gasteiger charge is -2.25. The van der Waals surface area contributed by atoms with Gasteiger partial charge in [0.25, 0.3) is 0 Å². The second-order valence-electron chi connectivity index (χ2n) is 15.5. The van der Waals surface area contributed by atoms with Gasteiger partial charge in [0, 0.05) is 22.1 Å². The van der Waals surface area contributed by atoms with Crippen molar-refractivity contribution in [1.29, 1.82) is 0 Å². The number of hydrogen-bond acceptors (Lipinski definition) is 3. The number of aromatic nitrogens is 3. The summed E-state index contributed by atoms with van der Waals surface area (Å²) in [6, 6.07) is 67.3. The standard InChI is InChI=1S/C54H37N3/c1-54(2)48-26-13-12-22-42(48)45-25-14-24-44(50(45)54)41-21-10-11-23-46(41)53-56-51(36-16-4-3-5-17-36)55-52(57-53)37-29-27-35(28-30-37)49-40-20-9-7-18-38(40)33-47-39-19-8-6-15-34(39)31-32-43(47)49/h3-33H,1-2H3. The summed E-state index contributed by atoms with van der Waals surface area (Å²) in [6.07, 6.45) is 0. The molecule has 1 heterocycles. The smallest absolute Gasteiger partial charge is 0.164 e. The van der Waals surface area contributed by atoms with Gasteiger partial charge in [-0.1, -0.05) is 196 Å². The molecule has 0 bridgehead atoms. The van der Waals surface area contributed by atoms with Gasteiger partial charge < -0.3 is 0 Å². The topological polar surface area (TPSA) is 38.7 Å². The minimum atomic E-state index is -0.167. The third kappa shape index (κ3) is 5.31. The fourth-order valence-electron chi connectivity index (χ4n) is 9.24. The first-order valence-electron chi connectivity index (χ1n) is 19.6. The minimum absolute atomic E-state index is 0.167. The van der Waals surface area contributed by atoms with E-state index in [0.717, 1.165) is 27.8 Å². The summed E-state index contributed by atoms with van der Waals surface area (Å²) >= 11 is 0. The first kappa shape index (κ1) is 33.1. The van der Waals surface area contributed by atoms with Crippen molar-refractivity contribution < 1.29 is 0 Å². The van der Waals surface area contributed by atoms with Gasteiger partial charge in [0.1, 0.15) is 0 Å². The molecular weight excluding hydrogens is 691 g/mol. The van der Waals surface area contributed by atoms with Gasteiger partial charge >= 0.3 is 0 Å². The number of hydrogen-bond donors (Lipinski definition) is 0. The molecule has 0 radical (unpaired) electrons. The van der Waals surface area contributed by atoms with Crippen molar-refractivity contribution in [3.8, 4) is 67.5 Å². The van der Waals surface area contributed by atoms with E-state index in [9.17, 15) is 0 Å². The van der Waals surface area contributed by atoms with E-state index in [-0.39, 0.29) is 5.41 Å². The minimum Gasteiger partial charge on any atom is -0.208 e. The average molecular weight is 728 g/mol. The third-order valence-electron chi connectivity index (χ3n) is 11.9. The van der Waals surface area contributed by atoms with Crippen molar-refractivity contribution in [2.24, 2.45) is 0 Å². The molecule has 0 amide bonds. The fourth-order valence-corrected chi connectivity index (χ4v) is 9.24. The van der Waals surface area contributed by atoms with Crippen LogP contribution >= 0.6 is 0 Å². The van der Waals surface area contributed by atoms with Crippen molar-refractivity contribution in [2.45, 2.75) is 19.3 Å². The first-order valence-corrected chi connectivity index (χ1v) is 19.6. The molecule has 9 aromatic carbocycles. The Hall–Kier alpha value is -7.23. The van der Waals surface area contributed by atoms with E-state index in [1.807, 2.05) is 18.2 Å². The number of benzene rings is 9. The van der Waals surface area contributed by atoms with Gasteiger partial charge in [0.2, 0.25) is 0 Å². The van der Waals surface area contributed by atoms with E-state index in [4.69, 9.17) is 15.0 Å². The zero-order chi connectivity index (χ0) is 38.1. The van der Waals surface area contributed by atoms with Crippen LogP contribution in [0.4, 0.5) is 0 Å². The summed E-state index contributed by atoms with van der Waals surface area (Å²) in [7, 11) is 0. The lowest BCUT2D eigenvalue weighted by Crippen LogP contribution is -2.16. The number of nitrogens with zero attached hydrogens (tertiary/aromatic N) is 3. The molecule has 3 nitrogen and oxygen atoms in total. The van der Waals surface area contributed by atoms with Crippen molar-refractivity contribution >= 4 is 32.3 Å².